The Balaban J connectivity index is 0.000000145. The molecule has 0 aliphatic carbocycles. The van der Waals surface area contributed by atoms with Crippen LogP contribution in [0, 0.1) is 3.83 Å². The third kappa shape index (κ3) is 6.80. The molecule has 8 rings (SSSR count). The molecule has 0 aromatic carbocycles. The maximum Gasteiger partial charge on any atom is 0.226 e. The largest absolute Gasteiger partial charge is 0.378 e. The number of morpholine rings is 2. The van der Waals surface area contributed by atoms with Crippen molar-refractivity contribution in [2.75, 3.05) is 75.6 Å². The maximum absolute atomic E-state index is 6.20. The molecular weight excluding hydrogens is 738 g/mol. The zero-order valence-corrected chi connectivity index (χ0v) is 28.5. The monoisotopic (exact) mass is 772 g/mol. The van der Waals surface area contributed by atoms with E-state index in [1.165, 1.54) is 0 Å². The number of anilines is 2. The molecule has 4 fully saturated rings. The van der Waals surface area contributed by atoms with Gasteiger partial charge in [-0.3, -0.25) is 9.13 Å². The summed E-state index contributed by atoms with van der Waals surface area (Å²) in [6.07, 6.45) is 8.21. The zero-order chi connectivity index (χ0) is 30.8. The molecule has 45 heavy (non-hydrogen) atoms. The van der Waals surface area contributed by atoms with Crippen LogP contribution in [0.1, 0.15) is 51.0 Å². The Kier molecular flexibility index (Phi) is 10.0. The van der Waals surface area contributed by atoms with Crippen molar-refractivity contribution in [3.63, 3.8) is 0 Å². The normalized spacial score (nSPS) is 22.9. The van der Waals surface area contributed by atoms with Gasteiger partial charge in [-0.2, -0.15) is 19.9 Å². The summed E-state index contributed by atoms with van der Waals surface area (Å²) in [6.45, 7) is 7.45. The third-order valence-electron chi connectivity index (χ3n) is 8.36. The maximum atomic E-state index is 6.20. The number of hydrogen-bond acceptors (Lipinski definition) is 12. The van der Waals surface area contributed by atoms with Gasteiger partial charge in [0.1, 0.15) is 12.5 Å². The van der Waals surface area contributed by atoms with Crippen LogP contribution in [0.2, 0.25) is 10.6 Å². The smallest absolute Gasteiger partial charge is 0.226 e. The highest BCUT2D eigenvalue weighted by molar-refractivity contribution is 14.1. The van der Waals surface area contributed by atoms with Crippen molar-refractivity contribution in [3.8, 4) is 0 Å². The molecule has 242 valence electrons. The molecule has 4 aromatic rings. The van der Waals surface area contributed by atoms with Crippen molar-refractivity contribution in [1.82, 2.24) is 39.0 Å². The highest BCUT2D eigenvalue weighted by Crippen LogP contribution is 2.33. The van der Waals surface area contributed by atoms with Crippen molar-refractivity contribution in [3.05, 3.63) is 20.7 Å². The van der Waals surface area contributed by atoms with E-state index in [0.717, 1.165) is 116 Å². The molecule has 0 N–H and O–H groups in total. The number of nitrogens with zero attached hydrogens (tertiary/aromatic N) is 10. The molecule has 0 spiro atoms. The summed E-state index contributed by atoms with van der Waals surface area (Å²) in [7, 11) is 0. The lowest BCUT2D eigenvalue weighted by Gasteiger charge is -2.28. The summed E-state index contributed by atoms with van der Waals surface area (Å²) in [5.41, 5.74) is 3.06. The highest BCUT2D eigenvalue weighted by Gasteiger charge is 2.27. The molecule has 2 atom stereocenters. The van der Waals surface area contributed by atoms with E-state index in [-0.39, 0.29) is 23.0 Å². The van der Waals surface area contributed by atoms with Gasteiger partial charge < -0.3 is 28.7 Å². The van der Waals surface area contributed by atoms with Crippen LogP contribution in [-0.4, -0.2) is 105 Å². The second-order valence-electron chi connectivity index (χ2n) is 11.2. The van der Waals surface area contributed by atoms with E-state index < -0.39 is 0 Å². The number of rotatable bonds is 4. The number of imidazole rings is 2. The predicted molar refractivity (Wildman–Crippen MR) is 177 cm³/mol. The Labute approximate surface area is 283 Å². The van der Waals surface area contributed by atoms with E-state index in [1.807, 2.05) is 9.13 Å². The van der Waals surface area contributed by atoms with E-state index in [4.69, 9.17) is 47.1 Å². The van der Waals surface area contributed by atoms with Gasteiger partial charge in [-0.25, -0.2) is 9.97 Å². The molecule has 4 saturated heterocycles. The summed E-state index contributed by atoms with van der Waals surface area (Å²) in [6, 6.07) is 0. The van der Waals surface area contributed by atoms with Gasteiger partial charge in [0.15, 0.2) is 37.8 Å². The van der Waals surface area contributed by atoms with E-state index >= 15 is 0 Å². The molecular formula is C28H35Cl2IN10O4. The molecule has 8 heterocycles. The first-order chi connectivity index (χ1) is 22.1. The summed E-state index contributed by atoms with van der Waals surface area (Å²) in [5, 5.41) is 0.485. The lowest BCUT2D eigenvalue weighted by molar-refractivity contribution is -0.0313. The van der Waals surface area contributed by atoms with E-state index in [9.17, 15) is 0 Å². The Morgan fingerprint density at radius 1 is 0.644 bits per heavy atom. The van der Waals surface area contributed by atoms with Crippen molar-refractivity contribution >= 4 is 79.8 Å². The van der Waals surface area contributed by atoms with Crippen molar-refractivity contribution in [1.29, 1.82) is 0 Å². The van der Waals surface area contributed by atoms with Crippen molar-refractivity contribution in [2.45, 2.75) is 51.0 Å². The van der Waals surface area contributed by atoms with Crippen LogP contribution in [0.5, 0.6) is 0 Å². The minimum absolute atomic E-state index is 0.0118. The van der Waals surface area contributed by atoms with Gasteiger partial charge in [-0.15, -0.1) is 0 Å². The number of halogens is 3. The zero-order valence-electron chi connectivity index (χ0n) is 24.8. The first-order valence-corrected chi connectivity index (χ1v) is 17.3. The van der Waals surface area contributed by atoms with E-state index in [2.05, 4.69) is 57.3 Å². The molecule has 0 bridgehead atoms. The van der Waals surface area contributed by atoms with Gasteiger partial charge in [-0.1, -0.05) is 0 Å². The lowest BCUT2D eigenvalue weighted by Crippen LogP contribution is -2.37. The molecule has 4 aliphatic heterocycles. The molecule has 0 amide bonds. The van der Waals surface area contributed by atoms with Crippen LogP contribution in [0.4, 0.5) is 11.6 Å². The van der Waals surface area contributed by atoms with E-state index in [1.54, 1.807) is 6.33 Å². The third-order valence-corrected chi connectivity index (χ3v) is 9.46. The summed E-state index contributed by atoms with van der Waals surface area (Å²) in [5.74, 6) is 1.57. The van der Waals surface area contributed by atoms with Crippen LogP contribution in [0.15, 0.2) is 6.33 Å². The van der Waals surface area contributed by atoms with Gasteiger partial charge in [-0.05, 0) is 61.7 Å². The first-order valence-electron chi connectivity index (χ1n) is 15.5. The van der Waals surface area contributed by atoms with E-state index in [0.29, 0.717) is 26.4 Å². The minimum atomic E-state index is -0.0239. The molecule has 0 radical (unpaired) electrons. The molecule has 4 aromatic heterocycles. The van der Waals surface area contributed by atoms with Gasteiger partial charge in [0.05, 0.1) is 32.8 Å². The van der Waals surface area contributed by atoms with Crippen LogP contribution in [0.3, 0.4) is 0 Å². The second kappa shape index (κ2) is 14.3. The number of hydrogen-bond donors (Lipinski definition) is 0. The fourth-order valence-electron chi connectivity index (χ4n) is 6.11. The SMILES string of the molecule is Clc1nc(N2CCOCC2)c2nc(I)n(C3CCCCO3)c2n1.Clc1nc(N2CCOCC2)c2ncn(C3CCCCO3)c2n1. The standard InChI is InChI=1S/C14H17ClIN5O2.C14H18ClN5O2/c15-13-18-11(20-4-7-22-8-5-20)10-12(19-13)21(14(16)17-10)9-3-1-2-6-23-9;15-14-17-12(19-4-7-21-8-5-19)11-13(18-14)20(9-16-11)10-3-1-2-6-22-10/h9H,1-8H2;9-10H,1-8H2. The van der Waals surface area contributed by atoms with Gasteiger partial charge >= 0.3 is 0 Å². The molecule has 4 aliphatic rings. The van der Waals surface area contributed by atoms with Gasteiger partial charge in [0.25, 0.3) is 0 Å². The van der Waals surface area contributed by atoms with Gasteiger partial charge in [0.2, 0.25) is 10.6 Å². The van der Waals surface area contributed by atoms with Crippen molar-refractivity contribution in [2.24, 2.45) is 0 Å². The highest BCUT2D eigenvalue weighted by atomic mass is 127. The fraction of sp³-hybridized carbons (Fsp3) is 0.643. The Bertz CT molecular complexity index is 1620. The first kappa shape index (κ1) is 31.4. The number of fused-ring (bicyclic) bond motifs is 2. The molecule has 2 unspecified atom stereocenters. The Morgan fingerprint density at radius 2 is 1.20 bits per heavy atom. The predicted octanol–water partition coefficient (Wildman–Crippen LogP) is 4.64. The topological polar surface area (TPSA) is 131 Å². The van der Waals surface area contributed by atoms with Crippen molar-refractivity contribution < 1.29 is 18.9 Å². The van der Waals surface area contributed by atoms with Crippen LogP contribution in [-0.2, 0) is 18.9 Å². The fourth-order valence-corrected chi connectivity index (χ4v) is 7.21. The number of ether oxygens (including phenoxy) is 4. The minimum Gasteiger partial charge on any atom is -0.378 e. The summed E-state index contributed by atoms with van der Waals surface area (Å²) < 4.78 is 27.5. The molecule has 14 nitrogen and oxygen atoms in total. The molecule has 0 saturated carbocycles. The van der Waals surface area contributed by atoms with Crippen LogP contribution < -0.4 is 9.80 Å². The second-order valence-corrected chi connectivity index (χ2v) is 12.9. The summed E-state index contributed by atoms with van der Waals surface area (Å²) >= 11 is 14.6. The average molecular weight is 773 g/mol. The van der Waals surface area contributed by atoms with Gasteiger partial charge in [0, 0.05) is 62.0 Å². The Morgan fingerprint density at radius 3 is 1.78 bits per heavy atom. The average Bonchev–Trinajstić information content (AvgIpc) is 3.66. The quantitative estimate of drug-likeness (QED) is 0.163. The summed E-state index contributed by atoms with van der Waals surface area (Å²) in [4.78, 5) is 31.2. The number of aromatic nitrogens is 8. The van der Waals surface area contributed by atoms with Crippen LogP contribution in [0.25, 0.3) is 22.3 Å². The lowest BCUT2D eigenvalue weighted by atomic mass is 10.2. The molecule has 17 heteroatoms. The van der Waals surface area contributed by atoms with Crippen LogP contribution >= 0.6 is 45.8 Å². The Hall–Kier alpha value is -2.15.